The summed E-state index contributed by atoms with van der Waals surface area (Å²) in [5.41, 5.74) is 2.82. The second kappa shape index (κ2) is 7.66. The van der Waals surface area contributed by atoms with Crippen LogP contribution in [0.15, 0.2) is 59.9 Å². The Morgan fingerprint density at radius 1 is 1.12 bits per heavy atom. The Morgan fingerprint density at radius 3 is 2.65 bits per heavy atom. The number of likely N-dealkylation sites (tertiary alicyclic amines) is 1. The number of aromatic amines is 1. The molecule has 0 atom stereocenters. The van der Waals surface area contributed by atoms with Crippen LogP contribution in [0.5, 0.6) is 0 Å². The van der Waals surface area contributed by atoms with E-state index in [0.717, 1.165) is 49.3 Å². The molecule has 1 aliphatic rings. The maximum atomic E-state index is 12.8. The lowest BCUT2D eigenvalue weighted by Gasteiger charge is -2.31. The number of H-pyrrole nitrogens is 1. The first-order chi connectivity index (χ1) is 12.8. The van der Waals surface area contributed by atoms with E-state index in [1.165, 1.54) is 0 Å². The van der Waals surface area contributed by atoms with Crippen molar-refractivity contribution in [2.45, 2.75) is 25.9 Å². The summed E-state index contributed by atoms with van der Waals surface area (Å²) < 4.78 is 1.64. The number of imidazole rings is 1. The monoisotopic (exact) mass is 349 g/mol. The zero-order valence-corrected chi connectivity index (χ0v) is 14.7. The summed E-state index contributed by atoms with van der Waals surface area (Å²) in [6.45, 7) is 3.68. The Balaban J connectivity index is 1.40. The molecular weight excluding hydrogens is 326 g/mol. The van der Waals surface area contributed by atoms with Crippen molar-refractivity contribution in [2.24, 2.45) is 5.92 Å². The highest BCUT2D eigenvalue weighted by Crippen LogP contribution is 2.20. The molecule has 2 aromatic heterocycles. The lowest BCUT2D eigenvalue weighted by molar-refractivity contribution is 0.162. The predicted octanol–water partition coefficient (Wildman–Crippen LogP) is 2.55. The third-order valence-electron chi connectivity index (χ3n) is 5.08. The van der Waals surface area contributed by atoms with Gasteiger partial charge in [-0.3, -0.25) is 9.69 Å². The summed E-state index contributed by atoms with van der Waals surface area (Å²) in [4.78, 5) is 22.5. The predicted molar refractivity (Wildman–Crippen MR) is 101 cm³/mol. The zero-order chi connectivity index (χ0) is 17.8. The van der Waals surface area contributed by atoms with Gasteiger partial charge in [-0.25, -0.2) is 9.67 Å². The van der Waals surface area contributed by atoms with E-state index in [0.29, 0.717) is 12.5 Å². The fourth-order valence-corrected chi connectivity index (χ4v) is 3.60. The molecular formula is C20H23N5O. The van der Waals surface area contributed by atoms with Gasteiger partial charge in [0.2, 0.25) is 0 Å². The van der Waals surface area contributed by atoms with Crippen LogP contribution < -0.4 is 5.56 Å². The fourth-order valence-electron chi connectivity index (χ4n) is 3.60. The molecule has 0 aliphatic carbocycles. The van der Waals surface area contributed by atoms with E-state index in [9.17, 15) is 4.79 Å². The molecule has 26 heavy (non-hydrogen) atoms. The van der Waals surface area contributed by atoms with Crippen LogP contribution in [0.1, 0.15) is 18.5 Å². The van der Waals surface area contributed by atoms with Crippen molar-refractivity contribution in [3.63, 3.8) is 0 Å². The van der Waals surface area contributed by atoms with E-state index in [2.05, 4.69) is 20.0 Å². The van der Waals surface area contributed by atoms with E-state index in [1.54, 1.807) is 23.3 Å². The van der Waals surface area contributed by atoms with Gasteiger partial charge in [-0.15, -0.1) is 0 Å². The van der Waals surface area contributed by atoms with Crippen molar-refractivity contribution in [1.29, 1.82) is 0 Å². The molecule has 1 N–H and O–H groups in total. The molecule has 3 heterocycles. The first-order valence-electron chi connectivity index (χ1n) is 9.11. The van der Waals surface area contributed by atoms with Crippen LogP contribution in [-0.2, 0) is 13.1 Å². The molecule has 1 aromatic carbocycles. The van der Waals surface area contributed by atoms with Crippen LogP contribution in [0, 0.1) is 5.92 Å². The van der Waals surface area contributed by atoms with Crippen molar-refractivity contribution in [2.75, 3.05) is 13.1 Å². The zero-order valence-electron chi connectivity index (χ0n) is 14.7. The fraction of sp³-hybridized carbons (Fsp3) is 0.350. The molecule has 4 rings (SSSR count). The van der Waals surface area contributed by atoms with Crippen molar-refractivity contribution >= 4 is 0 Å². The molecule has 0 unspecified atom stereocenters. The van der Waals surface area contributed by atoms with E-state index in [1.807, 2.05) is 36.5 Å². The molecule has 0 saturated carbocycles. The molecule has 0 radical (unpaired) electrons. The smallest absolute Gasteiger partial charge is 0.274 e. The van der Waals surface area contributed by atoms with Gasteiger partial charge in [0.15, 0.2) is 0 Å². The Kier molecular flexibility index (Phi) is 4.93. The molecule has 1 saturated heterocycles. The molecule has 0 amide bonds. The number of benzene rings is 1. The summed E-state index contributed by atoms with van der Waals surface area (Å²) in [5.74, 6) is 0.490. The SMILES string of the molecule is O=c1c(-c2ccccc2)ccnn1CC1CCN(Cc2cnc[nH]2)CC1. The van der Waals surface area contributed by atoms with Crippen LogP contribution in [0.2, 0.25) is 0 Å². The van der Waals surface area contributed by atoms with Gasteiger partial charge >= 0.3 is 0 Å². The molecule has 134 valence electrons. The summed E-state index contributed by atoms with van der Waals surface area (Å²) in [7, 11) is 0. The first kappa shape index (κ1) is 16.7. The summed E-state index contributed by atoms with van der Waals surface area (Å²) in [5, 5.41) is 4.32. The minimum absolute atomic E-state index is 0.00131. The van der Waals surface area contributed by atoms with Gasteiger partial charge in [0, 0.05) is 31.2 Å². The molecule has 6 nitrogen and oxygen atoms in total. The van der Waals surface area contributed by atoms with Gasteiger partial charge < -0.3 is 4.98 Å². The molecule has 6 heteroatoms. The largest absolute Gasteiger partial charge is 0.347 e. The third-order valence-corrected chi connectivity index (χ3v) is 5.08. The minimum atomic E-state index is -0.00131. The number of nitrogens with one attached hydrogen (secondary N) is 1. The normalized spacial score (nSPS) is 16.0. The van der Waals surface area contributed by atoms with Gasteiger partial charge in [0.1, 0.15) is 0 Å². The molecule has 0 spiro atoms. The molecule has 0 bridgehead atoms. The Labute approximate surface area is 152 Å². The van der Waals surface area contributed by atoms with Gasteiger partial charge in [0.05, 0.1) is 11.9 Å². The van der Waals surface area contributed by atoms with E-state index < -0.39 is 0 Å². The maximum Gasteiger partial charge on any atom is 0.274 e. The van der Waals surface area contributed by atoms with Crippen LogP contribution >= 0.6 is 0 Å². The number of nitrogens with zero attached hydrogens (tertiary/aromatic N) is 4. The number of hydrogen-bond donors (Lipinski definition) is 1. The Morgan fingerprint density at radius 2 is 1.92 bits per heavy atom. The second-order valence-electron chi connectivity index (χ2n) is 6.89. The number of piperidine rings is 1. The lowest BCUT2D eigenvalue weighted by Crippen LogP contribution is -2.36. The second-order valence-corrected chi connectivity index (χ2v) is 6.89. The average molecular weight is 349 g/mol. The standard InChI is InChI=1S/C20H23N5O/c26-20-19(17-4-2-1-3-5-17)6-9-23-25(20)13-16-7-10-24(11-8-16)14-18-12-21-15-22-18/h1-6,9,12,15-16H,7-8,10-11,13-14H2,(H,21,22). The van der Waals surface area contributed by atoms with Gasteiger partial charge in [0.25, 0.3) is 5.56 Å². The number of aromatic nitrogens is 4. The van der Waals surface area contributed by atoms with Crippen LogP contribution in [0.25, 0.3) is 11.1 Å². The minimum Gasteiger partial charge on any atom is -0.347 e. The van der Waals surface area contributed by atoms with Gasteiger partial charge in [-0.1, -0.05) is 30.3 Å². The van der Waals surface area contributed by atoms with Gasteiger partial charge in [-0.05, 0) is 43.5 Å². The highest BCUT2D eigenvalue weighted by Gasteiger charge is 2.21. The van der Waals surface area contributed by atoms with Crippen LogP contribution in [0.3, 0.4) is 0 Å². The van der Waals surface area contributed by atoms with E-state index in [4.69, 9.17) is 0 Å². The maximum absolute atomic E-state index is 12.8. The molecule has 1 aliphatic heterocycles. The van der Waals surface area contributed by atoms with Crippen molar-refractivity contribution < 1.29 is 0 Å². The van der Waals surface area contributed by atoms with E-state index >= 15 is 0 Å². The lowest BCUT2D eigenvalue weighted by atomic mass is 9.96. The van der Waals surface area contributed by atoms with Crippen LogP contribution in [-0.4, -0.2) is 37.7 Å². The quantitative estimate of drug-likeness (QED) is 0.769. The number of hydrogen-bond acceptors (Lipinski definition) is 4. The summed E-state index contributed by atoms with van der Waals surface area (Å²) in [6, 6.07) is 11.6. The van der Waals surface area contributed by atoms with E-state index in [-0.39, 0.29) is 5.56 Å². The van der Waals surface area contributed by atoms with Gasteiger partial charge in [-0.2, -0.15) is 5.10 Å². The molecule has 3 aromatic rings. The Hall–Kier alpha value is -2.73. The highest BCUT2D eigenvalue weighted by atomic mass is 16.1. The Bertz CT molecular complexity index is 880. The molecule has 1 fully saturated rings. The summed E-state index contributed by atoms with van der Waals surface area (Å²) >= 11 is 0. The van der Waals surface area contributed by atoms with Crippen molar-refractivity contribution in [3.05, 3.63) is 71.2 Å². The first-order valence-corrected chi connectivity index (χ1v) is 9.11. The summed E-state index contributed by atoms with van der Waals surface area (Å²) in [6.07, 6.45) is 7.50. The van der Waals surface area contributed by atoms with Crippen LogP contribution in [0.4, 0.5) is 0 Å². The third kappa shape index (κ3) is 3.75. The van der Waals surface area contributed by atoms with Crippen molar-refractivity contribution in [3.8, 4) is 11.1 Å². The topological polar surface area (TPSA) is 66.8 Å². The highest BCUT2D eigenvalue weighted by molar-refractivity contribution is 5.61. The van der Waals surface area contributed by atoms with Crippen molar-refractivity contribution in [1.82, 2.24) is 24.6 Å². The number of rotatable bonds is 5. The average Bonchev–Trinajstić information content (AvgIpc) is 3.19.